The quantitative estimate of drug-likeness (QED) is 0.899. The Kier molecular flexibility index (Phi) is 4.44. The van der Waals surface area contributed by atoms with Crippen LogP contribution in [0.3, 0.4) is 0 Å². The topological polar surface area (TPSA) is 51.8 Å². The number of nitrogens with zero attached hydrogens (tertiary/aromatic N) is 2. The van der Waals surface area contributed by atoms with E-state index < -0.39 is 0 Å². The SMILES string of the molecule is CCCc1ccc(C(N)c2snnc2CC)cc1. The maximum Gasteiger partial charge on any atom is 0.0804 e. The zero-order valence-corrected chi connectivity index (χ0v) is 11.7. The van der Waals surface area contributed by atoms with Crippen LogP contribution in [0.2, 0.25) is 0 Å². The van der Waals surface area contributed by atoms with Gasteiger partial charge in [0.2, 0.25) is 0 Å². The highest BCUT2D eigenvalue weighted by molar-refractivity contribution is 7.05. The molecule has 2 rings (SSSR count). The fraction of sp³-hybridized carbons (Fsp3) is 0.429. The van der Waals surface area contributed by atoms with E-state index in [-0.39, 0.29) is 6.04 Å². The molecule has 18 heavy (non-hydrogen) atoms. The molecule has 1 heterocycles. The van der Waals surface area contributed by atoms with Gasteiger partial charge in [0.1, 0.15) is 0 Å². The maximum absolute atomic E-state index is 6.29. The lowest BCUT2D eigenvalue weighted by atomic mass is 10.0. The molecule has 0 saturated heterocycles. The number of hydrogen-bond acceptors (Lipinski definition) is 4. The van der Waals surface area contributed by atoms with Crippen LogP contribution in [0.5, 0.6) is 0 Å². The normalized spacial score (nSPS) is 12.6. The fourth-order valence-electron chi connectivity index (χ4n) is 2.03. The number of rotatable bonds is 5. The first-order valence-corrected chi connectivity index (χ1v) is 7.19. The first-order chi connectivity index (χ1) is 8.76. The van der Waals surface area contributed by atoms with Crippen molar-refractivity contribution in [3.05, 3.63) is 46.0 Å². The summed E-state index contributed by atoms with van der Waals surface area (Å²) in [6.07, 6.45) is 3.18. The van der Waals surface area contributed by atoms with Gasteiger partial charge in [-0.3, -0.25) is 0 Å². The summed E-state index contributed by atoms with van der Waals surface area (Å²) < 4.78 is 4.00. The van der Waals surface area contributed by atoms with Crippen LogP contribution in [0.1, 0.15) is 48.0 Å². The molecule has 2 N–H and O–H groups in total. The Morgan fingerprint density at radius 1 is 1.22 bits per heavy atom. The van der Waals surface area contributed by atoms with E-state index in [1.807, 2.05) is 0 Å². The van der Waals surface area contributed by atoms with E-state index in [0.29, 0.717) is 0 Å². The smallest absolute Gasteiger partial charge is 0.0804 e. The number of benzene rings is 1. The first kappa shape index (κ1) is 13.2. The molecule has 0 bridgehead atoms. The number of aromatic nitrogens is 2. The third-order valence-corrected chi connectivity index (χ3v) is 3.93. The largest absolute Gasteiger partial charge is 0.320 e. The van der Waals surface area contributed by atoms with Gasteiger partial charge in [0, 0.05) is 0 Å². The molecule has 1 aromatic heterocycles. The molecular formula is C14H19N3S. The monoisotopic (exact) mass is 261 g/mol. The Morgan fingerprint density at radius 3 is 2.56 bits per heavy atom. The van der Waals surface area contributed by atoms with E-state index in [1.54, 1.807) is 0 Å². The minimum absolute atomic E-state index is 0.101. The van der Waals surface area contributed by atoms with Crippen molar-refractivity contribution in [2.24, 2.45) is 5.73 Å². The summed E-state index contributed by atoms with van der Waals surface area (Å²) in [5.41, 5.74) is 9.81. The molecule has 0 aliphatic rings. The Morgan fingerprint density at radius 2 is 1.94 bits per heavy atom. The minimum Gasteiger partial charge on any atom is -0.320 e. The van der Waals surface area contributed by atoms with Crippen LogP contribution in [0.25, 0.3) is 0 Å². The highest BCUT2D eigenvalue weighted by atomic mass is 32.1. The summed E-state index contributed by atoms with van der Waals surface area (Å²) in [5, 5.41) is 4.12. The molecule has 0 radical (unpaired) electrons. The van der Waals surface area contributed by atoms with Crippen molar-refractivity contribution in [1.82, 2.24) is 9.59 Å². The van der Waals surface area contributed by atoms with Crippen molar-refractivity contribution in [2.45, 2.75) is 39.2 Å². The molecule has 2 aromatic rings. The van der Waals surface area contributed by atoms with Crippen molar-refractivity contribution in [3.63, 3.8) is 0 Å². The summed E-state index contributed by atoms with van der Waals surface area (Å²) >= 11 is 1.41. The molecular weight excluding hydrogens is 242 g/mol. The molecule has 0 amide bonds. The van der Waals surface area contributed by atoms with Gasteiger partial charge in [-0.15, -0.1) is 5.10 Å². The second kappa shape index (κ2) is 6.07. The average Bonchev–Trinajstić information content (AvgIpc) is 2.87. The molecule has 1 unspecified atom stereocenters. The predicted octanol–water partition coefficient (Wildman–Crippen LogP) is 3.10. The van der Waals surface area contributed by atoms with Crippen molar-refractivity contribution in [1.29, 1.82) is 0 Å². The van der Waals surface area contributed by atoms with E-state index in [4.69, 9.17) is 5.73 Å². The molecule has 4 heteroatoms. The highest BCUT2D eigenvalue weighted by Crippen LogP contribution is 2.25. The molecule has 1 aromatic carbocycles. The zero-order chi connectivity index (χ0) is 13.0. The summed E-state index contributed by atoms with van der Waals surface area (Å²) in [5.74, 6) is 0. The highest BCUT2D eigenvalue weighted by Gasteiger charge is 2.16. The Labute approximate surface area is 112 Å². The molecule has 96 valence electrons. The summed E-state index contributed by atoms with van der Waals surface area (Å²) in [6.45, 7) is 4.27. The second-order valence-corrected chi connectivity index (χ2v) is 5.19. The van der Waals surface area contributed by atoms with E-state index in [9.17, 15) is 0 Å². The van der Waals surface area contributed by atoms with Crippen LogP contribution < -0.4 is 5.73 Å². The van der Waals surface area contributed by atoms with Gasteiger partial charge < -0.3 is 5.73 Å². The number of nitrogens with two attached hydrogens (primary N) is 1. The van der Waals surface area contributed by atoms with Crippen LogP contribution >= 0.6 is 11.5 Å². The van der Waals surface area contributed by atoms with E-state index in [1.165, 1.54) is 23.5 Å². The minimum atomic E-state index is -0.101. The van der Waals surface area contributed by atoms with Gasteiger partial charge in [-0.25, -0.2) is 0 Å². The van der Waals surface area contributed by atoms with Crippen LogP contribution in [0.15, 0.2) is 24.3 Å². The Hall–Kier alpha value is -1.26. The molecule has 1 atom stereocenters. The fourth-order valence-corrected chi connectivity index (χ4v) is 2.80. The van der Waals surface area contributed by atoms with Crippen LogP contribution in [0.4, 0.5) is 0 Å². The standard InChI is InChI=1S/C14H19N3S/c1-3-5-10-6-8-11(9-7-10)13(15)14-12(4-2)16-17-18-14/h6-9,13H,3-5,15H2,1-2H3. The molecule has 0 aliphatic heterocycles. The number of hydrogen-bond donors (Lipinski definition) is 1. The molecule has 0 saturated carbocycles. The average molecular weight is 261 g/mol. The summed E-state index contributed by atoms with van der Waals surface area (Å²) in [6, 6.07) is 8.47. The van der Waals surface area contributed by atoms with E-state index in [0.717, 1.165) is 29.0 Å². The molecule has 0 fully saturated rings. The van der Waals surface area contributed by atoms with Gasteiger partial charge in [0.15, 0.2) is 0 Å². The lowest BCUT2D eigenvalue weighted by Crippen LogP contribution is -2.12. The second-order valence-electron chi connectivity index (χ2n) is 4.41. The van der Waals surface area contributed by atoms with E-state index in [2.05, 4.69) is 47.7 Å². The van der Waals surface area contributed by atoms with Gasteiger partial charge >= 0.3 is 0 Å². The molecule has 0 spiro atoms. The van der Waals surface area contributed by atoms with Crippen molar-refractivity contribution in [2.75, 3.05) is 0 Å². The third kappa shape index (κ3) is 2.76. The predicted molar refractivity (Wildman–Crippen MR) is 75.8 cm³/mol. The summed E-state index contributed by atoms with van der Waals surface area (Å²) in [4.78, 5) is 1.08. The van der Waals surface area contributed by atoms with Gasteiger partial charge in [0.25, 0.3) is 0 Å². The van der Waals surface area contributed by atoms with Crippen molar-refractivity contribution in [3.8, 4) is 0 Å². The lowest BCUT2D eigenvalue weighted by Gasteiger charge is -2.11. The van der Waals surface area contributed by atoms with Gasteiger partial charge in [-0.05, 0) is 35.5 Å². The molecule has 3 nitrogen and oxygen atoms in total. The molecule has 0 aliphatic carbocycles. The van der Waals surface area contributed by atoms with Crippen molar-refractivity contribution < 1.29 is 0 Å². The summed E-state index contributed by atoms with van der Waals surface area (Å²) in [7, 11) is 0. The first-order valence-electron chi connectivity index (χ1n) is 6.41. The van der Waals surface area contributed by atoms with Gasteiger partial charge in [0.05, 0.1) is 16.6 Å². The van der Waals surface area contributed by atoms with Crippen molar-refractivity contribution >= 4 is 11.5 Å². The van der Waals surface area contributed by atoms with Crippen LogP contribution in [0, 0.1) is 0 Å². The van der Waals surface area contributed by atoms with Crippen LogP contribution in [-0.2, 0) is 12.8 Å². The number of aryl methyl sites for hydroxylation is 2. The third-order valence-electron chi connectivity index (χ3n) is 3.08. The van der Waals surface area contributed by atoms with E-state index >= 15 is 0 Å². The van der Waals surface area contributed by atoms with Crippen LogP contribution in [-0.4, -0.2) is 9.59 Å². The Balaban J connectivity index is 2.20. The van der Waals surface area contributed by atoms with Gasteiger partial charge in [-0.1, -0.05) is 49.0 Å². The Bertz CT molecular complexity index is 490. The zero-order valence-electron chi connectivity index (χ0n) is 10.9. The lowest BCUT2D eigenvalue weighted by molar-refractivity contribution is 0.850. The van der Waals surface area contributed by atoms with Gasteiger partial charge in [-0.2, -0.15) is 0 Å². The maximum atomic E-state index is 6.29.